The number of amides is 7. The van der Waals surface area contributed by atoms with Crippen LogP contribution in [0.2, 0.25) is 0 Å². The van der Waals surface area contributed by atoms with Crippen molar-refractivity contribution in [3.8, 4) is 0 Å². The normalized spacial score (nSPS) is 28.7. The Labute approximate surface area is 483 Å². The molecule has 30 heteroatoms. The van der Waals surface area contributed by atoms with Gasteiger partial charge in [-0.1, -0.05) is 6.92 Å². The van der Waals surface area contributed by atoms with Crippen LogP contribution in [0.15, 0.2) is 0 Å². The minimum Gasteiger partial charge on any atom is -0.394 e. The number of carbonyl (C=O) groups is 8. The Balaban J connectivity index is 1.50. The highest BCUT2D eigenvalue weighted by Gasteiger charge is 2.48. The molecule has 0 spiro atoms. The second kappa shape index (κ2) is 39.1. The molecule has 0 radical (unpaired) electrons. The summed E-state index contributed by atoms with van der Waals surface area (Å²) in [4.78, 5) is 101. The summed E-state index contributed by atoms with van der Waals surface area (Å²) in [6.07, 6.45) is -11.3. The molecule has 3 rings (SSSR count). The van der Waals surface area contributed by atoms with Crippen LogP contribution in [0.3, 0.4) is 0 Å². The molecule has 3 fully saturated rings. The fourth-order valence-electron chi connectivity index (χ4n) is 9.55. The lowest BCUT2D eigenvalue weighted by atomic mass is 9.97. The summed E-state index contributed by atoms with van der Waals surface area (Å²) in [5.41, 5.74) is 0. The van der Waals surface area contributed by atoms with Crippen molar-refractivity contribution in [1.29, 1.82) is 0 Å². The topological polar surface area (TPSA) is 458 Å². The average Bonchev–Trinajstić information content (AvgIpc) is 3.23. The van der Waals surface area contributed by atoms with Crippen molar-refractivity contribution in [1.82, 2.24) is 37.2 Å². The van der Waals surface area contributed by atoms with Crippen LogP contribution < -0.4 is 37.2 Å². The Morgan fingerprint density at radius 3 is 1.10 bits per heavy atom. The highest BCUT2D eigenvalue weighted by atomic mass is 16.7. The minimum absolute atomic E-state index is 0.00917. The lowest BCUT2D eigenvalue weighted by Gasteiger charge is -2.42. The number of unbranched alkanes of at least 4 members (excludes halogenated alkanes) is 5. The SMILES string of the molecule is CCC(=O)C(CCCCNC(=O)CCCCO[C@@H]1OC(CO)[C@H](O)[C@H](O)C1NC(C)=O)NC(=O)C(CCCCNC(=O)CCCCO[C@@H]1OC(CO)[C@H](O)[C@H](O)C1NC(C)=O)NC(=O)CCCCO[C@@H]1OC(CO)[C@H](O)[C@H](O)C1NC(C)=O. The fourth-order valence-corrected chi connectivity index (χ4v) is 9.55. The number of aliphatic hydroxyl groups is 9. The van der Waals surface area contributed by atoms with Crippen molar-refractivity contribution in [2.75, 3.05) is 52.7 Å². The number of ketones is 1. The van der Waals surface area contributed by atoms with E-state index in [0.717, 1.165) is 0 Å². The molecule has 0 bridgehead atoms. The van der Waals surface area contributed by atoms with Gasteiger partial charge < -0.3 is 112 Å². The molecule has 8 unspecified atom stereocenters. The van der Waals surface area contributed by atoms with Crippen molar-refractivity contribution >= 4 is 47.1 Å². The third-order valence-corrected chi connectivity index (χ3v) is 14.2. The van der Waals surface area contributed by atoms with Crippen molar-refractivity contribution in [2.24, 2.45) is 0 Å². The van der Waals surface area contributed by atoms with E-state index in [1.807, 2.05) is 0 Å². The Kier molecular flexibility index (Phi) is 34.2. The van der Waals surface area contributed by atoms with Crippen LogP contribution in [0.4, 0.5) is 0 Å². The molecule has 3 aliphatic heterocycles. The molecule has 7 amide bonds. The molecule has 478 valence electrons. The molecule has 30 nitrogen and oxygen atoms in total. The summed E-state index contributed by atoms with van der Waals surface area (Å²) in [5, 5.41) is 110. The first-order chi connectivity index (χ1) is 39.6. The number of rotatable bonds is 39. The molecule has 3 heterocycles. The highest BCUT2D eigenvalue weighted by molar-refractivity contribution is 5.92. The van der Waals surface area contributed by atoms with Crippen LogP contribution in [0.5, 0.6) is 0 Å². The van der Waals surface area contributed by atoms with Crippen LogP contribution in [0, 0.1) is 0 Å². The highest BCUT2D eigenvalue weighted by Crippen LogP contribution is 2.25. The average molecular weight is 1200 g/mol. The molecule has 83 heavy (non-hydrogen) atoms. The quantitative estimate of drug-likeness (QED) is 0.0256. The van der Waals surface area contributed by atoms with E-state index >= 15 is 0 Å². The maximum absolute atomic E-state index is 13.9. The van der Waals surface area contributed by atoms with Gasteiger partial charge in [0.05, 0.1) is 25.9 Å². The van der Waals surface area contributed by atoms with Gasteiger partial charge in [0, 0.05) is 79.4 Å². The Hall–Kier alpha value is -4.64. The van der Waals surface area contributed by atoms with Gasteiger partial charge in [0.2, 0.25) is 41.4 Å². The molecule has 0 saturated carbocycles. The summed E-state index contributed by atoms with van der Waals surface area (Å²) in [5.74, 6) is -3.34. The number of ether oxygens (including phenoxy) is 6. The lowest BCUT2D eigenvalue weighted by Crippen LogP contribution is -2.64. The second-order valence-electron chi connectivity index (χ2n) is 21.0. The van der Waals surface area contributed by atoms with Crippen molar-refractivity contribution in [2.45, 2.75) is 234 Å². The van der Waals surface area contributed by atoms with E-state index in [2.05, 4.69) is 37.2 Å². The van der Waals surface area contributed by atoms with Crippen molar-refractivity contribution < 1.29 is 113 Å². The van der Waals surface area contributed by atoms with Crippen LogP contribution in [-0.4, -0.2) is 250 Å². The Morgan fingerprint density at radius 1 is 0.434 bits per heavy atom. The second-order valence-corrected chi connectivity index (χ2v) is 21.0. The van der Waals surface area contributed by atoms with Gasteiger partial charge in [-0.15, -0.1) is 0 Å². The summed E-state index contributed by atoms with van der Waals surface area (Å²) in [6, 6.07) is -5.31. The summed E-state index contributed by atoms with van der Waals surface area (Å²) in [7, 11) is 0. The number of carbonyl (C=O) groups excluding carboxylic acids is 8. The van der Waals surface area contributed by atoms with E-state index in [4.69, 9.17) is 28.4 Å². The standard InChI is InChI=1S/C53H93N7O23/c1-5-34(67)32(16-6-11-21-54-38(68)18-8-13-23-78-51-41(56-29(2)64)47(74)44(71)35(26-61)81-51)60-50(77)33(59-40(70)20-10-15-25-80-53-43(58-31(4)66)49(76)46(73)37(28-63)83-53)17-7-12-22-55-39(69)19-9-14-24-79-52-42(57-30(3)65)48(75)45(72)36(27-62)82-52/h32-33,35-37,41-49,51-53,61-63,71-76H,5-28H2,1-4H3,(H,54,68)(H,55,69)(H,56,64)(H,57,65)(H,58,66)(H,59,70)(H,60,77)/t32?,33?,35?,36?,37?,41?,42?,43?,44-,45-,46-,47+,48+,49+,51+,52+,53+/m0/s1. The van der Waals surface area contributed by atoms with Gasteiger partial charge in [0.15, 0.2) is 24.7 Å². The van der Waals surface area contributed by atoms with Crippen molar-refractivity contribution in [3.63, 3.8) is 0 Å². The van der Waals surface area contributed by atoms with Gasteiger partial charge in [-0.05, 0) is 77.0 Å². The summed E-state index contributed by atoms with van der Waals surface area (Å²) < 4.78 is 33.8. The lowest BCUT2D eigenvalue weighted by molar-refractivity contribution is -0.270. The predicted octanol–water partition coefficient (Wildman–Crippen LogP) is -5.10. The van der Waals surface area contributed by atoms with E-state index < -0.39 is 153 Å². The van der Waals surface area contributed by atoms with Crippen LogP contribution in [-0.2, 0) is 66.8 Å². The number of hydrogen-bond donors (Lipinski definition) is 16. The van der Waals surface area contributed by atoms with Gasteiger partial charge in [-0.25, -0.2) is 0 Å². The van der Waals surface area contributed by atoms with E-state index in [1.165, 1.54) is 20.8 Å². The van der Waals surface area contributed by atoms with Gasteiger partial charge >= 0.3 is 0 Å². The molecule has 0 aromatic rings. The summed E-state index contributed by atoms with van der Waals surface area (Å²) >= 11 is 0. The first kappa shape index (κ1) is 72.6. The van der Waals surface area contributed by atoms with Gasteiger partial charge in [0.1, 0.15) is 79.1 Å². The molecule has 16 N–H and O–H groups in total. The molecule has 0 aromatic carbocycles. The summed E-state index contributed by atoms with van der Waals surface area (Å²) in [6.45, 7) is 4.16. The molecule has 3 saturated heterocycles. The number of nitrogens with one attached hydrogen (secondary N) is 7. The molecule has 0 aliphatic carbocycles. The number of hydrogen-bond acceptors (Lipinski definition) is 23. The van der Waals surface area contributed by atoms with Crippen LogP contribution >= 0.6 is 0 Å². The third kappa shape index (κ3) is 25.5. The Morgan fingerprint density at radius 2 is 0.771 bits per heavy atom. The number of aliphatic hydroxyl groups excluding tert-OH is 9. The molecular formula is C53H93N7O23. The van der Waals surface area contributed by atoms with E-state index in [-0.39, 0.29) is 102 Å². The zero-order valence-corrected chi connectivity index (χ0v) is 48.0. The minimum atomic E-state index is -1.50. The fraction of sp³-hybridized carbons (Fsp3) is 0.849. The largest absolute Gasteiger partial charge is 0.394 e. The molecule has 17 atom stereocenters. The third-order valence-electron chi connectivity index (χ3n) is 14.2. The van der Waals surface area contributed by atoms with Crippen LogP contribution in [0.25, 0.3) is 0 Å². The zero-order chi connectivity index (χ0) is 61.6. The first-order valence-corrected chi connectivity index (χ1v) is 28.8. The molecule has 3 aliphatic rings. The molecule has 0 aromatic heterocycles. The maximum Gasteiger partial charge on any atom is 0.243 e. The smallest absolute Gasteiger partial charge is 0.243 e. The van der Waals surface area contributed by atoms with Gasteiger partial charge in [-0.2, -0.15) is 0 Å². The van der Waals surface area contributed by atoms with E-state index in [0.29, 0.717) is 51.4 Å². The van der Waals surface area contributed by atoms with Gasteiger partial charge in [-0.3, -0.25) is 38.4 Å². The Bertz CT molecular complexity index is 2000. The van der Waals surface area contributed by atoms with Crippen LogP contribution in [0.1, 0.15) is 130 Å². The van der Waals surface area contributed by atoms with E-state index in [1.54, 1.807) is 6.92 Å². The van der Waals surface area contributed by atoms with E-state index in [9.17, 15) is 84.3 Å². The zero-order valence-electron chi connectivity index (χ0n) is 48.0. The van der Waals surface area contributed by atoms with Crippen molar-refractivity contribution in [3.05, 3.63) is 0 Å². The van der Waals surface area contributed by atoms with Gasteiger partial charge in [0.25, 0.3) is 0 Å². The number of Topliss-reactive ketones (excluding diaryl/α,β-unsaturated/α-hetero) is 1. The molecular weight excluding hydrogens is 1100 g/mol. The predicted molar refractivity (Wildman–Crippen MR) is 288 cm³/mol. The monoisotopic (exact) mass is 1200 g/mol. The first-order valence-electron chi connectivity index (χ1n) is 28.8. The maximum atomic E-state index is 13.9.